The van der Waals surface area contributed by atoms with Crippen LogP contribution in [0.15, 0.2) is 54.7 Å². The first kappa shape index (κ1) is 24.1. The molecule has 10 heteroatoms. The summed E-state index contributed by atoms with van der Waals surface area (Å²) in [5, 5.41) is 11.3. The maximum Gasteiger partial charge on any atom is 0.410 e. The Bertz CT molecular complexity index is 1490. The van der Waals surface area contributed by atoms with Crippen LogP contribution >= 0.6 is 0 Å². The van der Waals surface area contributed by atoms with Crippen LogP contribution in [0.5, 0.6) is 0 Å². The molecule has 2 N–H and O–H groups in total. The van der Waals surface area contributed by atoms with Gasteiger partial charge in [-0.25, -0.2) is 24.4 Å². The van der Waals surface area contributed by atoms with E-state index >= 15 is 0 Å². The lowest BCUT2D eigenvalue weighted by molar-refractivity contribution is 0.0233. The highest BCUT2D eigenvalue weighted by Gasteiger charge is 2.29. The number of amides is 1. The number of carbonyl (C=O) groups is 1. The van der Waals surface area contributed by atoms with Crippen LogP contribution in [-0.4, -0.2) is 62.4 Å². The highest BCUT2D eigenvalue weighted by Crippen LogP contribution is 2.29. The fourth-order valence-electron chi connectivity index (χ4n) is 4.28. The molecule has 3 aromatic heterocycles. The number of rotatable bonds is 3. The van der Waals surface area contributed by atoms with Crippen LogP contribution in [-0.2, 0) is 4.74 Å². The maximum atomic E-state index is 12.6. The summed E-state index contributed by atoms with van der Waals surface area (Å²) in [6.07, 6.45) is 1.33. The third-order valence-corrected chi connectivity index (χ3v) is 6.06. The minimum atomic E-state index is -0.550. The van der Waals surface area contributed by atoms with Gasteiger partial charge in [0.25, 0.3) is 0 Å². The van der Waals surface area contributed by atoms with Gasteiger partial charge in [0, 0.05) is 24.8 Å². The van der Waals surface area contributed by atoms with E-state index in [0.717, 1.165) is 11.3 Å². The average Bonchev–Trinajstić information content (AvgIpc) is 3.26. The second-order valence-electron chi connectivity index (χ2n) is 9.83. The van der Waals surface area contributed by atoms with E-state index in [-0.39, 0.29) is 6.09 Å². The van der Waals surface area contributed by atoms with Crippen LogP contribution in [0.4, 0.5) is 10.6 Å². The Kier molecular flexibility index (Phi) is 6.13. The zero-order chi connectivity index (χ0) is 26.2. The number of pyridine rings is 2. The third kappa shape index (κ3) is 4.89. The number of benzene rings is 1. The van der Waals surface area contributed by atoms with Gasteiger partial charge in [-0.3, -0.25) is 0 Å². The molecule has 1 aliphatic heterocycles. The molecular formula is C27H28N8O2. The van der Waals surface area contributed by atoms with E-state index in [1.807, 2.05) is 61.8 Å². The number of nitrogen functional groups attached to an aromatic ring is 1. The number of anilines is 1. The van der Waals surface area contributed by atoms with Gasteiger partial charge in [-0.15, -0.1) is 0 Å². The van der Waals surface area contributed by atoms with Crippen molar-refractivity contribution in [3.8, 4) is 28.7 Å². The number of carbonyl (C=O) groups excluding carboxylic acids is 1. The largest absolute Gasteiger partial charge is 0.444 e. The lowest BCUT2D eigenvalue weighted by atomic mass is 10.1. The van der Waals surface area contributed by atoms with Gasteiger partial charge in [-0.05, 0) is 57.2 Å². The van der Waals surface area contributed by atoms with Crippen molar-refractivity contribution in [2.24, 2.45) is 0 Å². The van der Waals surface area contributed by atoms with Gasteiger partial charge >= 0.3 is 6.09 Å². The number of nitrogens with zero attached hydrogens (tertiary/aromatic N) is 7. The summed E-state index contributed by atoms with van der Waals surface area (Å²) >= 11 is 0. The van der Waals surface area contributed by atoms with Crippen molar-refractivity contribution in [1.82, 2.24) is 24.5 Å². The van der Waals surface area contributed by atoms with E-state index in [1.54, 1.807) is 23.2 Å². The zero-order valence-corrected chi connectivity index (χ0v) is 21.0. The van der Waals surface area contributed by atoms with Crippen molar-refractivity contribution in [3.05, 3.63) is 60.3 Å². The second kappa shape index (κ2) is 9.43. The number of ether oxygens (including phenoxy) is 1. The molecule has 1 aromatic carbocycles. The molecule has 0 unspecified atom stereocenters. The molecule has 4 heterocycles. The average molecular weight is 497 g/mol. The number of hydrogen-bond donors (Lipinski definition) is 1. The van der Waals surface area contributed by atoms with E-state index in [4.69, 9.17) is 25.7 Å². The molecule has 188 valence electrons. The van der Waals surface area contributed by atoms with Crippen molar-refractivity contribution in [2.45, 2.75) is 26.4 Å². The first-order valence-corrected chi connectivity index (χ1v) is 12.1. The molecule has 5 rings (SSSR count). The van der Waals surface area contributed by atoms with Gasteiger partial charge in [0.2, 0.25) is 0 Å². The van der Waals surface area contributed by atoms with E-state index in [9.17, 15) is 4.79 Å². The Morgan fingerprint density at radius 2 is 1.76 bits per heavy atom. The summed E-state index contributed by atoms with van der Waals surface area (Å²) in [5.74, 6) is 1.01. The highest BCUT2D eigenvalue weighted by molar-refractivity contribution is 5.83. The molecule has 0 bridgehead atoms. The standard InChI is InChI=1S/C27H28N8O2/c1-27(2,3)37-26(36)33-13-15-34(16-14-33)35-24(20-5-4-12-30-23(20)29)32-22-11-10-21(31-25(22)35)19-8-6-18(17-28)7-9-19/h4-12H,13-16H2,1-3H3,(H2,29,30). The SMILES string of the molecule is CC(C)(C)OC(=O)N1CCN(n2c(-c3cccnc3N)nc3ccc(-c4ccc(C#N)cc4)nc32)CC1. The first-order chi connectivity index (χ1) is 17.7. The third-order valence-electron chi connectivity index (χ3n) is 6.06. The molecular weight excluding hydrogens is 468 g/mol. The van der Waals surface area contributed by atoms with E-state index in [2.05, 4.69) is 16.1 Å². The highest BCUT2D eigenvalue weighted by atomic mass is 16.6. The Labute approximate surface area is 214 Å². The van der Waals surface area contributed by atoms with Gasteiger partial charge in [0.1, 0.15) is 16.9 Å². The van der Waals surface area contributed by atoms with E-state index in [0.29, 0.717) is 60.1 Å². The Morgan fingerprint density at radius 3 is 2.41 bits per heavy atom. The quantitative estimate of drug-likeness (QED) is 0.454. The zero-order valence-electron chi connectivity index (χ0n) is 21.0. The van der Waals surface area contributed by atoms with Gasteiger partial charge < -0.3 is 20.4 Å². The fourth-order valence-corrected chi connectivity index (χ4v) is 4.28. The summed E-state index contributed by atoms with van der Waals surface area (Å²) in [6, 6.07) is 17.0. The van der Waals surface area contributed by atoms with Gasteiger partial charge in [-0.2, -0.15) is 5.26 Å². The minimum absolute atomic E-state index is 0.319. The Hall–Kier alpha value is -4.65. The predicted octanol–water partition coefficient (Wildman–Crippen LogP) is 3.80. The van der Waals surface area contributed by atoms with Crippen LogP contribution < -0.4 is 10.7 Å². The molecule has 1 fully saturated rings. The van der Waals surface area contributed by atoms with Crippen LogP contribution in [0.25, 0.3) is 33.8 Å². The summed E-state index contributed by atoms with van der Waals surface area (Å²) < 4.78 is 7.53. The molecule has 1 amide bonds. The van der Waals surface area contributed by atoms with Gasteiger partial charge in [0.15, 0.2) is 11.5 Å². The van der Waals surface area contributed by atoms with Crippen LogP contribution in [0, 0.1) is 11.3 Å². The number of aromatic nitrogens is 4. The molecule has 0 radical (unpaired) electrons. The molecule has 0 atom stereocenters. The smallest absolute Gasteiger partial charge is 0.410 e. The summed E-state index contributed by atoms with van der Waals surface area (Å²) in [5.41, 5.74) is 10.0. The molecule has 37 heavy (non-hydrogen) atoms. The predicted molar refractivity (Wildman–Crippen MR) is 141 cm³/mol. The van der Waals surface area contributed by atoms with Crippen molar-refractivity contribution in [2.75, 3.05) is 36.9 Å². The maximum absolute atomic E-state index is 12.6. The number of imidazole rings is 1. The molecule has 10 nitrogen and oxygen atoms in total. The molecule has 1 aliphatic rings. The number of nitriles is 1. The summed E-state index contributed by atoms with van der Waals surface area (Å²) in [4.78, 5) is 28.4. The molecule has 0 spiro atoms. The van der Waals surface area contributed by atoms with Crippen LogP contribution in [0.1, 0.15) is 26.3 Å². The Balaban J connectivity index is 1.54. The minimum Gasteiger partial charge on any atom is -0.444 e. The van der Waals surface area contributed by atoms with Crippen LogP contribution in [0.3, 0.4) is 0 Å². The lowest BCUT2D eigenvalue weighted by Crippen LogP contribution is -2.53. The summed E-state index contributed by atoms with van der Waals surface area (Å²) in [7, 11) is 0. The molecule has 1 saturated heterocycles. The number of fused-ring (bicyclic) bond motifs is 1. The van der Waals surface area contributed by atoms with Crippen molar-refractivity contribution < 1.29 is 9.53 Å². The van der Waals surface area contributed by atoms with Crippen molar-refractivity contribution >= 4 is 23.1 Å². The molecule has 0 aliphatic carbocycles. The number of hydrogen-bond acceptors (Lipinski definition) is 8. The normalized spacial score (nSPS) is 14.0. The Morgan fingerprint density at radius 1 is 1.03 bits per heavy atom. The van der Waals surface area contributed by atoms with E-state index < -0.39 is 5.60 Å². The summed E-state index contributed by atoms with van der Waals surface area (Å²) in [6.45, 7) is 7.68. The monoisotopic (exact) mass is 496 g/mol. The number of piperazine rings is 1. The second-order valence-corrected chi connectivity index (χ2v) is 9.83. The van der Waals surface area contributed by atoms with Crippen LogP contribution in [0.2, 0.25) is 0 Å². The topological polar surface area (TPSA) is 126 Å². The van der Waals surface area contributed by atoms with Crippen molar-refractivity contribution in [1.29, 1.82) is 5.26 Å². The molecule has 0 saturated carbocycles. The first-order valence-electron chi connectivity index (χ1n) is 12.1. The number of nitrogens with two attached hydrogens (primary N) is 1. The molecule has 4 aromatic rings. The van der Waals surface area contributed by atoms with Gasteiger partial charge in [0.05, 0.1) is 36.0 Å². The fraction of sp³-hybridized carbons (Fsp3) is 0.296. The van der Waals surface area contributed by atoms with E-state index in [1.165, 1.54) is 0 Å². The van der Waals surface area contributed by atoms with Gasteiger partial charge in [-0.1, -0.05) is 12.1 Å². The van der Waals surface area contributed by atoms with Crippen molar-refractivity contribution in [3.63, 3.8) is 0 Å². The lowest BCUT2D eigenvalue weighted by Gasteiger charge is -2.37.